The average molecular weight is 279 g/mol. The third-order valence-corrected chi connectivity index (χ3v) is 3.54. The summed E-state index contributed by atoms with van der Waals surface area (Å²) in [5.74, 6) is -0.383. The van der Waals surface area contributed by atoms with E-state index >= 15 is 0 Å². The van der Waals surface area contributed by atoms with Crippen LogP contribution in [0.5, 0.6) is 0 Å². The Bertz CT molecular complexity index is 821. The SMILES string of the molecule is O=C1c2cccc3cccc(c23)C(=O)N1Cc1nn[nH]n1. The molecule has 0 saturated heterocycles. The third kappa shape index (κ3) is 1.64. The second-order valence-electron chi connectivity index (χ2n) is 4.73. The predicted molar refractivity (Wildman–Crippen MR) is 72.3 cm³/mol. The van der Waals surface area contributed by atoms with Gasteiger partial charge in [0, 0.05) is 16.5 Å². The zero-order valence-corrected chi connectivity index (χ0v) is 10.8. The molecule has 21 heavy (non-hydrogen) atoms. The molecule has 1 aromatic heterocycles. The number of benzene rings is 2. The Morgan fingerprint density at radius 3 is 2.24 bits per heavy atom. The van der Waals surface area contributed by atoms with Gasteiger partial charge in [-0.2, -0.15) is 5.21 Å². The first kappa shape index (κ1) is 11.7. The Kier molecular flexibility index (Phi) is 2.34. The van der Waals surface area contributed by atoms with Gasteiger partial charge in [-0.15, -0.1) is 10.2 Å². The topological polar surface area (TPSA) is 91.8 Å². The Hall–Kier alpha value is -3.09. The highest BCUT2D eigenvalue weighted by Gasteiger charge is 2.33. The highest BCUT2D eigenvalue weighted by atomic mass is 16.2. The number of aromatic nitrogens is 4. The van der Waals surface area contributed by atoms with E-state index in [1.165, 1.54) is 0 Å². The number of amides is 2. The van der Waals surface area contributed by atoms with Crippen LogP contribution in [0.2, 0.25) is 0 Å². The number of rotatable bonds is 2. The maximum atomic E-state index is 12.6. The summed E-state index contributed by atoms with van der Waals surface area (Å²) in [5, 5.41) is 14.9. The molecule has 1 aliphatic heterocycles. The first-order chi connectivity index (χ1) is 10.3. The van der Waals surface area contributed by atoms with Crippen LogP contribution in [0.25, 0.3) is 10.8 Å². The van der Waals surface area contributed by atoms with E-state index in [2.05, 4.69) is 20.6 Å². The molecule has 4 rings (SSSR count). The first-order valence-corrected chi connectivity index (χ1v) is 6.36. The number of nitrogens with one attached hydrogen (secondary N) is 1. The number of H-pyrrole nitrogens is 1. The molecular formula is C14H9N5O2. The standard InChI is InChI=1S/C14H9N5O2/c20-13-9-5-1-3-8-4-2-6-10(12(8)9)14(21)19(13)7-11-15-17-18-16-11/h1-6H,7H2,(H,15,16,17,18). The fourth-order valence-electron chi connectivity index (χ4n) is 2.61. The lowest BCUT2D eigenvalue weighted by Gasteiger charge is -2.26. The zero-order valence-electron chi connectivity index (χ0n) is 10.8. The van der Waals surface area contributed by atoms with Crippen molar-refractivity contribution in [1.82, 2.24) is 25.5 Å². The van der Waals surface area contributed by atoms with Gasteiger partial charge in [-0.3, -0.25) is 14.5 Å². The van der Waals surface area contributed by atoms with E-state index in [4.69, 9.17) is 0 Å². The molecule has 7 heteroatoms. The lowest BCUT2D eigenvalue weighted by Crippen LogP contribution is -2.40. The van der Waals surface area contributed by atoms with Crippen LogP contribution in [0.3, 0.4) is 0 Å². The Labute approximate surface area is 118 Å². The van der Waals surface area contributed by atoms with Crippen LogP contribution in [0.1, 0.15) is 26.5 Å². The minimum absolute atomic E-state index is 0.00110. The van der Waals surface area contributed by atoms with Gasteiger partial charge in [-0.05, 0) is 17.5 Å². The lowest BCUT2D eigenvalue weighted by molar-refractivity contribution is 0.0594. The number of carbonyl (C=O) groups excluding carboxylic acids is 2. The molecule has 0 atom stereocenters. The van der Waals surface area contributed by atoms with Crippen molar-refractivity contribution in [3.05, 3.63) is 53.3 Å². The van der Waals surface area contributed by atoms with Crippen molar-refractivity contribution in [3.63, 3.8) is 0 Å². The van der Waals surface area contributed by atoms with Crippen LogP contribution in [0.4, 0.5) is 0 Å². The quantitative estimate of drug-likeness (QED) is 0.710. The molecule has 0 spiro atoms. The summed E-state index contributed by atoms with van der Waals surface area (Å²) in [6.07, 6.45) is 0. The average Bonchev–Trinajstić information content (AvgIpc) is 3.02. The highest BCUT2D eigenvalue weighted by molar-refractivity contribution is 6.25. The molecule has 2 aromatic carbocycles. The van der Waals surface area contributed by atoms with E-state index in [0.29, 0.717) is 22.3 Å². The fraction of sp³-hybridized carbons (Fsp3) is 0.0714. The number of nitrogens with zero attached hydrogens (tertiary/aromatic N) is 4. The second-order valence-corrected chi connectivity index (χ2v) is 4.73. The van der Waals surface area contributed by atoms with Crippen LogP contribution < -0.4 is 0 Å². The molecule has 0 radical (unpaired) electrons. The Balaban J connectivity index is 1.89. The highest BCUT2D eigenvalue weighted by Crippen LogP contribution is 2.30. The van der Waals surface area contributed by atoms with Gasteiger partial charge < -0.3 is 0 Å². The summed E-state index contributed by atoms with van der Waals surface area (Å²) in [6, 6.07) is 10.8. The van der Waals surface area contributed by atoms with Crippen molar-refractivity contribution in [2.24, 2.45) is 0 Å². The van der Waals surface area contributed by atoms with E-state index in [9.17, 15) is 9.59 Å². The smallest absolute Gasteiger partial charge is 0.261 e. The summed E-state index contributed by atoms with van der Waals surface area (Å²) in [6.45, 7) is -0.00110. The maximum Gasteiger partial charge on any atom is 0.261 e. The molecule has 0 bridgehead atoms. The molecule has 0 aliphatic carbocycles. The summed E-state index contributed by atoms with van der Waals surface area (Å²) in [4.78, 5) is 26.3. The number of tetrazole rings is 1. The number of hydrogen-bond donors (Lipinski definition) is 1. The number of carbonyl (C=O) groups is 2. The molecule has 0 saturated carbocycles. The van der Waals surface area contributed by atoms with Crippen molar-refractivity contribution in [2.45, 2.75) is 6.54 Å². The third-order valence-electron chi connectivity index (χ3n) is 3.54. The molecule has 0 unspecified atom stereocenters. The first-order valence-electron chi connectivity index (χ1n) is 6.36. The van der Waals surface area contributed by atoms with Gasteiger partial charge in [0.05, 0.1) is 6.54 Å². The minimum Gasteiger partial charge on any atom is -0.269 e. The molecule has 7 nitrogen and oxygen atoms in total. The monoisotopic (exact) mass is 279 g/mol. The van der Waals surface area contributed by atoms with Gasteiger partial charge in [0.2, 0.25) is 0 Å². The van der Waals surface area contributed by atoms with Crippen LogP contribution in [0, 0.1) is 0 Å². The van der Waals surface area contributed by atoms with Crippen LogP contribution >= 0.6 is 0 Å². The van der Waals surface area contributed by atoms with Crippen molar-refractivity contribution in [3.8, 4) is 0 Å². The van der Waals surface area contributed by atoms with Crippen molar-refractivity contribution < 1.29 is 9.59 Å². The maximum absolute atomic E-state index is 12.6. The van der Waals surface area contributed by atoms with E-state index < -0.39 is 0 Å². The number of imide groups is 1. The van der Waals surface area contributed by atoms with Gasteiger partial charge in [-0.1, -0.05) is 29.5 Å². The molecule has 102 valence electrons. The Morgan fingerprint density at radius 1 is 1.00 bits per heavy atom. The van der Waals surface area contributed by atoms with Gasteiger partial charge >= 0.3 is 0 Å². The van der Waals surface area contributed by atoms with Gasteiger partial charge in [-0.25, -0.2) is 0 Å². The minimum atomic E-state index is -0.339. The van der Waals surface area contributed by atoms with Crippen LogP contribution in [-0.4, -0.2) is 37.3 Å². The molecule has 2 heterocycles. The lowest BCUT2D eigenvalue weighted by atomic mass is 9.94. The summed E-state index contributed by atoms with van der Waals surface area (Å²) in [7, 11) is 0. The molecule has 2 amide bonds. The predicted octanol–water partition coefficient (Wildman–Crippen LogP) is 1.15. The van der Waals surface area contributed by atoms with Crippen LogP contribution in [0.15, 0.2) is 36.4 Å². The van der Waals surface area contributed by atoms with Gasteiger partial charge in [0.25, 0.3) is 11.8 Å². The molecule has 3 aromatic rings. The summed E-state index contributed by atoms with van der Waals surface area (Å²) in [5.41, 5.74) is 1.04. The summed E-state index contributed by atoms with van der Waals surface area (Å²) < 4.78 is 0. The fourth-order valence-corrected chi connectivity index (χ4v) is 2.61. The van der Waals surface area contributed by atoms with Crippen molar-refractivity contribution in [2.75, 3.05) is 0 Å². The normalized spacial score (nSPS) is 14.0. The largest absolute Gasteiger partial charge is 0.269 e. The zero-order chi connectivity index (χ0) is 14.4. The van der Waals surface area contributed by atoms with E-state index in [1.54, 1.807) is 12.1 Å². The van der Waals surface area contributed by atoms with E-state index in [1.807, 2.05) is 24.3 Å². The number of hydrogen-bond acceptors (Lipinski definition) is 5. The van der Waals surface area contributed by atoms with Gasteiger partial charge in [0.15, 0.2) is 5.82 Å². The van der Waals surface area contributed by atoms with E-state index in [0.717, 1.165) is 10.3 Å². The van der Waals surface area contributed by atoms with Gasteiger partial charge in [0.1, 0.15) is 0 Å². The summed E-state index contributed by atoms with van der Waals surface area (Å²) >= 11 is 0. The Morgan fingerprint density at radius 2 is 1.67 bits per heavy atom. The molecule has 0 fully saturated rings. The molecule has 1 aliphatic rings. The van der Waals surface area contributed by atoms with Crippen molar-refractivity contribution in [1.29, 1.82) is 0 Å². The molecular weight excluding hydrogens is 270 g/mol. The van der Waals surface area contributed by atoms with Crippen molar-refractivity contribution >= 4 is 22.6 Å². The molecule has 1 N–H and O–H groups in total. The number of aromatic amines is 1. The second kappa shape index (κ2) is 4.20. The van der Waals surface area contributed by atoms with E-state index in [-0.39, 0.29) is 18.4 Å². The van der Waals surface area contributed by atoms with Crippen LogP contribution in [-0.2, 0) is 6.54 Å².